The molecule has 2 aromatic rings. The summed E-state index contributed by atoms with van der Waals surface area (Å²) >= 11 is 5.28. The summed E-state index contributed by atoms with van der Waals surface area (Å²) < 4.78 is 0.650. The van der Waals surface area contributed by atoms with Crippen LogP contribution in [-0.4, -0.2) is 9.97 Å². The normalized spacial score (nSPS) is 11.3. The van der Waals surface area contributed by atoms with E-state index in [1.54, 1.807) is 0 Å². The average molecular weight is 286 g/mol. The summed E-state index contributed by atoms with van der Waals surface area (Å²) in [4.78, 5) is 7.79. The van der Waals surface area contributed by atoms with E-state index in [1.165, 1.54) is 11.1 Å². The molecule has 0 spiro atoms. The Morgan fingerprint density at radius 1 is 1.15 bits per heavy atom. The van der Waals surface area contributed by atoms with Crippen molar-refractivity contribution in [1.82, 2.24) is 9.97 Å². The summed E-state index contributed by atoms with van der Waals surface area (Å²) in [7, 11) is 0. The molecule has 2 nitrogen and oxygen atoms in total. The minimum atomic E-state index is 0.343. The fourth-order valence-electron chi connectivity index (χ4n) is 2.24. The third-order valence-corrected chi connectivity index (χ3v) is 3.40. The minimum Gasteiger partial charge on any atom is -0.343 e. The Morgan fingerprint density at radius 2 is 1.90 bits per heavy atom. The molecular weight excluding hydrogens is 264 g/mol. The summed E-state index contributed by atoms with van der Waals surface area (Å²) in [6.07, 6.45) is 1.09. The van der Waals surface area contributed by atoms with Gasteiger partial charge in [-0.05, 0) is 35.6 Å². The molecule has 0 bridgehead atoms. The first-order valence-electron chi connectivity index (χ1n) is 7.16. The van der Waals surface area contributed by atoms with Crippen LogP contribution in [0.5, 0.6) is 0 Å². The first kappa shape index (κ1) is 14.9. The van der Waals surface area contributed by atoms with Gasteiger partial charge in [0.15, 0.2) is 0 Å². The van der Waals surface area contributed by atoms with Crippen molar-refractivity contribution >= 4 is 12.2 Å². The molecule has 1 aromatic carbocycles. The predicted octanol–water partition coefficient (Wildman–Crippen LogP) is 5.13. The Kier molecular flexibility index (Phi) is 4.71. The van der Waals surface area contributed by atoms with Crippen LogP contribution in [0.4, 0.5) is 0 Å². The predicted molar refractivity (Wildman–Crippen MR) is 87.5 cm³/mol. The number of nitrogens with one attached hydrogen (secondary N) is 1. The van der Waals surface area contributed by atoms with E-state index in [2.05, 4.69) is 61.9 Å². The summed E-state index contributed by atoms with van der Waals surface area (Å²) in [5, 5.41) is 0. The smallest absolute Gasteiger partial charge is 0.130 e. The molecule has 1 heterocycles. The van der Waals surface area contributed by atoms with E-state index in [1.807, 2.05) is 6.07 Å². The lowest BCUT2D eigenvalue weighted by molar-refractivity contribution is 0.647. The number of rotatable bonds is 4. The lowest BCUT2D eigenvalue weighted by Gasteiger charge is -2.10. The fraction of sp³-hybridized carbons (Fsp3) is 0.412. The minimum absolute atomic E-state index is 0.343. The SMILES string of the molecule is CC(C)Cc1cccc(-c2cc(=S)nc(C(C)C)[nH]2)c1. The summed E-state index contributed by atoms with van der Waals surface area (Å²) in [6, 6.07) is 10.6. The molecule has 0 saturated carbocycles. The van der Waals surface area contributed by atoms with Gasteiger partial charge < -0.3 is 4.98 Å². The number of aromatic amines is 1. The van der Waals surface area contributed by atoms with Crippen molar-refractivity contribution in [1.29, 1.82) is 0 Å². The topological polar surface area (TPSA) is 28.7 Å². The van der Waals surface area contributed by atoms with Crippen LogP contribution in [-0.2, 0) is 6.42 Å². The van der Waals surface area contributed by atoms with Gasteiger partial charge in [-0.3, -0.25) is 0 Å². The second-order valence-corrected chi connectivity index (χ2v) is 6.39. The highest BCUT2D eigenvalue weighted by Gasteiger charge is 2.06. The van der Waals surface area contributed by atoms with Crippen LogP contribution in [0, 0.1) is 10.6 Å². The maximum atomic E-state index is 5.28. The Balaban J connectivity index is 2.43. The maximum absolute atomic E-state index is 5.28. The molecule has 0 aliphatic heterocycles. The standard InChI is InChI=1S/C17H22N2S/c1-11(2)8-13-6-5-7-14(9-13)15-10-16(20)19-17(18-15)12(3)4/h5-7,9-12H,8H2,1-4H3,(H,18,19,20). The monoisotopic (exact) mass is 286 g/mol. The molecule has 0 aliphatic carbocycles. The molecule has 1 aromatic heterocycles. The third kappa shape index (κ3) is 3.76. The van der Waals surface area contributed by atoms with Crippen molar-refractivity contribution in [3.63, 3.8) is 0 Å². The lowest BCUT2D eigenvalue weighted by Crippen LogP contribution is -2.00. The van der Waals surface area contributed by atoms with E-state index in [9.17, 15) is 0 Å². The summed E-state index contributed by atoms with van der Waals surface area (Å²) in [5.74, 6) is 1.95. The van der Waals surface area contributed by atoms with Crippen molar-refractivity contribution in [2.24, 2.45) is 5.92 Å². The molecule has 0 saturated heterocycles. The zero-order valence-electron chi connectivity index (χ0n) is 12.6. The van der Waals surface area contributed by atoms with Crippen molar-refractivity contribution in [3.8, 4) is 11.3 Å². The van der Waals surface area contributed by atoms with Gasteiger partial charge in [0.05, 0.1) is 0 Å². The number of aromatic nitrogens is 2. The zero-order valence-corrected chi connectivity index (χ0v) is 13.4. The van der Waals surface area contributed by atoms with Gasteiger partial charge in [-0.1, -0.05) is 58.1 Å². The third-order valence-electron chi connectivity index (χ3n) is 3.19. The van der Waals surface area contributed by atoms with Crippen LogP contribution in [0.2, 0.25) is 0 Å². The van der Waals surface area contributed by atoms with E-state index in [0.717, 1.165) is 17.9 Å². The highest BCUT2D eigenvalue weighted by Crippen LogP contribution is 2.21. The molecule has 0 aliphatic rings. The van der Waals surface area contributed by atoms with Crippen molar-refractivity contribution in [2.45, 2.75) is 40.0 Å². The Hall–Kier alpha value is -1.48. The molecule has 0 radical (unpaired) electrons. The molecule has 2 rings (SSSR count). The van der Waals surface area contributed by atoms with Gasteiger partial charge in [-0.2, -0.15) is 0 Å². The van der Waals surface area contributed by atoms with Crippen LogP contribution in [0.25, 0.3) is 11.3 Å². The average Bonchev–Trinajstić information content (AvgIpc) is 2.37. The second kappa shape index (κ2) is 6.31. The zero-order chi connectivity index (χ0) is 14.7. The molecule has 20 heavy (non-hydrogen) atoms. The summed E-state index contributed by atoms with van der Waals surface area (Å²) in [5.41, 5.74) is 3.59. The molecule has 106 valence electrons. The van der Waals surface area contributed by atoms with E-state index in [-0.39, 0.29) is 0 Å². The molecular formula is C17H22N2S. The largest absolute Gasteiger partial charge is 0.343 e. The number of benzene rings is 1. The molecule has 0 fully saturated rings. The Morgan fingerprint density at radius 3 is 2.55 bits per heavy atom. The van der Waals surface area contributed by atoms with Crippen LogP contribution < -0.4 is 0 Å². The first-order chi connectivity index (χ1) is 9.45. The number of nitrogens with zero attached hydrogens (tertiary/aromatic N) is 1. The quantitative estimate of drug-likeness (QED) is 0.789. The molecule has 1 N–H and O–H groups in total. The maximum Gasteiger partial charge on any atom is 0.130 e. The van der Waals surface area contributed by atoms with Gasteiger partial charge in [0, 0.05) is 11.6 Å². The van der Waals surface area contributed by atoms with E-state index in [4.69, 9.17) is 12.2 Å². The van der Waals surface area contributed by atoms with Crippen LogP contribution in [0.3, 0.4) is 0 Å². The van der Waals surface area contributed by atoms with Crippen LogP contribution in [0.15, 0.2) is 30.3 Å². The van der Waals surface area contributed by atoms with Crippen LogP contribution >= 0.6 is 12.2 Å². The second-order valence-electron chi connectivity index (χ2n) is 5.97. The van der Waals surface area contributed by atoms with Gasteiger partial charge in [0.2, 0.25) is 0 Å². The molecule has 0 amide bonds. The molecule has 0 atom stereocenters. The van der Waals surface area contributed by atoms with Gasteiger partial charge in [-0.15, -0.1) is 0 Å². The summed E-state index contributed by atoms with van der Waals surface area (Å²) in [6.45, 7) is 8.71. The first-order valence-corrected chi connectivity index (χ1v) is 7.57. The van der Waals surface area contributed by atoms with E-state index < -0.39 is 0 Å². The molecule has 3 heteroatoms. The lowest BCUT2D eigenvalue weighted by atomic mass is 10.00. The van der Waals surface area contributed by atoms with Crippen molar-refractivity contribution in [2.75, 3.05) is 0 Å². The van der Waals surface area contributed by atoms with Gasteiger partial charge in [0.1, 0.15) is 10.5 Å². The van der Waals surface area contributed by atoms with Gasteiger partial charge >= 0.3 is 0 Å². The van der Waals surface area contributed by atoms with Crippen LogP contribution in [0.1, 0.15) is 45.0 Å². The highest BCUT2D eigenvalue weighted by molar-refractivity contribution is 7.71. The van der Waals surface area contributed by atoms with Gasteiger partial charge in [-0.25, -0.2) is 4.98 Å². The Bertz CT molecular complexity index is 641. The van der Waals surface area contributed by atoms with E-state index in [0.29, 0.717) is 16.5 Å². The molecule has 0 unspecified atom stereocenters. The van der Waals surface area contributed by atoms with Crippen molar-refractivity contribution in [3.05, 3.63) is 46.4 Å². The van der Waals surface area contributed by atoms with E-state index >= 15 is 0 Å². The highest BCUT2D eigenvalue weighted by atomic mass is 32.1. The number of hydrogen-bond donors (Lipinski definition) is 1. The fourth-order valence-corrected chi connectivity index (χ4v) is 2.46. The number of hydrogen-bond acceptors (Lipinski definition) is 2. The van der Waals surface area contributed by atoms with Gasteiger partial charge in [0.25, 0.3) is 0 Å². The van der Waals surface area contributed by atoms with Crippen molar-refractivity contribution < 1.29 is 0 Å². The number of H-pyrrole nitrogens is 1. The Labute approximate surface area is 126 Å².